The third-order valence-electron chi connectivity index (χ3n) is 5.79. The minimum absolute atomic E-state index is 0.0105. The van der Waals surface area contributed by atoms with Crippen molar-refractivity contribution in [3.63, 3.8) is 0 Å². The minimum Gasteiger partial charge on any atom is -0.369 e. The first-order valence-electron chi connectivity index (χ1n) is 10.9. The second-order valence-electron chi connectivity index (χ2n) is 8.08. The molecule has 0 unspecified atom stereocenters. The normalized spacial score (nSPS) is 14.7. The summed E-state index contributed by atoms with van der Waals surface area (Å²) in [6, 6.07) is 15.6. The summed E-state index contributed by atoms with van der Waals surface area (Å²) in [6.07, 6.45) is 1.59. The van der Waals surface area contributed by atoms with Crippen molar-refractivity contribution in [3.05, 3.63) is 70.3 Å². The van der Waals surface area contributed by atoms with Crippen molar-refractivity contribution in [3.8, 4) is 0 Å². The minimum atomic E-state index is -0.134. The maximum absolute atomic E-state index is 12.4. The van der Waals surface area contributed by atoms with Crippen LogP contribution in [-0.2, 0) is 17.8 Å². The average Bonchev–Trinajstić information content (AvgIpc) is 2.79. The van der Waals surface area contributed by atoms with Crippen LogP contribution in [0.25, 0.3) is 10.9 Å². The highest BCUT2D eigenvalue weighted by Gasteiger charge is 2.17. The van der Waals surface area contributed by atoms with E-state index in [1.54, 1.807) is 6.07 Å². The maximum Gasteiger partial charge on any atom is 0.258 e. The molecule has 2 heterocycles. The van der Waals surface area contributed by atoms with Crippen molar-refractivity contribution >= 4 is 22.5 Å². The number of carbonyl (C=O) groups is 1. The van der Waals surface area contributed by atoms with E-state index in [4.69, 9.17) is 0 Å². The fraction of sp³-hybridized carbons (Fsp3) is 0.375. The molecule has 7 nitrogen and oxygen atoms in total. The number of benzene rings is 2. The third kappa shape index (κ3) is 5.30. The number of rotatable bonds is 7. The van der Waals surface area contributed by atoms with Gasteiger partial charge in [0.25, 0.3) is 5.56 Å². The summed E-state index contributed by atoms with van der Waals surface area (Å²) in [5.74, 6) is 0.633. The summed E-state index contributed by atoms with van der Waals surface area (Å²) in [6.45, 7) is 4.61. The van der Waals surface area contributed by atoms with E-state index in [0.29, 0.717) is 42.5 Å². The van der Waals surface area contributed by atoms with Crippen LogP contribution in [0.15, 0.2) is 53.3 Å². The highest BCUT2D eigenvalue weighted by Crippen LogP contribution is 2.21. The van der Waals surface area contributed by atoms with Crippen LogP contribution in [0.3, 0.4) is 0 Å². The molecule has 1 saturated heterocycles. The molecule has 0 spiro atoms. The Morgan fingerprint density at radius 2 is 1.81 bits per heavy atom. The number of para-hydroxylation sites is 2. The van der Waals surface area contributed by atoms with Gasteiger partial charge in [0, 0.05) is 51.3 Å². The van der Waals surface area contributed by atoms with Gasteiger partial charge in [0.15, 0.2) is 0 Å². The van der Waals surface area contributed by atoms with Gasteiger partial charge in [0.05, 0.1) is 10.9 Å². The molecule has 0 aliphatic carbocycles. The molecule has 1 aliphatic rings. The molecular formula is C24H29N5O2. The van der Waals surface area contributed by atoms with Crippen molar-refractivity contribution < 1.29 is 4.79 Å². The zero-order chi connectivity index (χ0) is 21.6. The number of piperazine rings is 1. The number of H-pyrrole nitrogens is 1. The van der Waals surface area contributed by atoms with Crippen LogP contribution in [0.4, 0.5) is 5.69 Å². The lowest BCUT2D eigenvalue weighted by Crippen LogP contribution is -2.45. The Morgan fingerprint density at radius 1 is 1.06 bits per heavy atom. The van der Waals surface area contributed by atoms with E-state index >= 15 is 0 Å². The lowest BCUT2D eigenvalue weighted by molar-refractivity contribution is -0.121. The fourth-order valence-corrected chi connectivity index (χ4v) is 3.97. The highest BCUT2D eigenvalue weighted by atomic mass is 16.1. The average molecular weight is 420 g/mol. The number of amides is 1. The van der Waals surface area contributed by atoms with E-state index in [1.807, 2.05) is 24.3 Å². The fourth-order valence-electron chi connectivity index (χ4n) is 3.97. The summed E-state index contributed by atoms with van der Waals surface area (Å²) in [4.78, 5) is 36.6. The van der Waals surface area contributed by atoms with E-state index < -0.39 is 0 Å². The molecule has 1 fully saturated rings. The Morgan fingerprint density at radius 3 is 2.65 bits per heavy atom. The highest BCUT2D eigenvalue weighted by molar-refractivity contribution is 5.77. The monoisotopic (exact) mass is 419 g/mol. The maximum atomic E-state index is 12.4. The quantitative estimate of drug-likeness (QED) is 0.614. The molecule has 31 heavy (non-hydrogen) atoms. The molecule has 1 aromatic heterocycles. The van der Waals surface area contributed by atoms with Gasteiger partial charge in [-0.25, -0.2) is 4.98 Å². The number of aromatic amines is 1. The molecule has 0 radical (unpaired) electrons. The van der Waals surface area contributed by atoms with Crippen LogP contribution in [0, 0.1) is 0 Å². The predicted molar refractivity (Wildman–Crippen MR) is 123 cm³/mol. The van der Waals surface area contributed by atoms with Crippen molar-refractivity contribution in [2.24, 2.45) is 0 Å². The predicted octanol–water partition coefficient (Wildman–Crippen LogP) is 2.31. The van der Waals surface area contributed by atoms with Gasteiger partial charge < -0.3 is 20.1 Å². The molecular weight excluding hydrogens is 390 g/mol. The van der Waals surface area contributed by atoms with Crippen molar-refractivity contribution in [2.45, 2.75) is 25.8 Å². The van der Waals surface area contributed by atoms with E-state index in [2.05, 4.69) is 50.3 Å². The number of nitrogens with zero attached hydrogens (tertiary/aromatic N) is 3. The number of hydrogen-bond acceptors (Lipinski definition) is 5. The molecule has 1 aliphatic heterocycles. The SMILES string of the molecule is CN1CCN(c2ccccc2CNC(=O)CCCc2nc3ccccc3c(=O)[nH]2)CC1. The van der Waals surface area contributed by atoms with Crippen LogP contribution in [0.2, 0.25) is 0 Å². The van der Waals surface area contributed by atoms with Crippen molar-refractivity contribution in [1.82, 2.24) is 20.2 Å². The summed E-state index contributed by atoms with van der Waals surface area (Å²) in [5.41, 5.74) is 2.89. The van der Waals surface area contributed by atoms with Crippen LogP contribution in [0.1, 0.15) is 24.2 Å². The molecule has 7 heteroatoms. The zero-order valence-electron chi connectivity index (χ0n) is 17.9. The number of likely N-dealkylation sites (N-methyl/N-ethyl adjacent to an activating group) is 1. The zero-order valence-corrected chi connectivity index (χ0v) is 17.9. The third-order valence-corrected chi connectivity index (χ3v) is 5.79. The Bertz CT molecular complexity index is 1100. The first-order valence-corrected chi connectivity index (χ1v) is 10.9. The van der Waals surface area contributed by atoms with Crippen LogP contribution >= 0.6 is 0 Å². The first kappa shape index (κ1) is 21.1. The second kappa shape index (κ2) is 9.75. The largest absolute Gasteiger partial charge is 0.369 e. The smallest absolute Gasteiger partial charge is 0.258 e. The van der Waals surface area contributed by atoms with E-state index in [-0.39, 0.29) is 11.5 Å². The molecule has 4 rings (SSSR count). The van der Waals surface area contributed by atoms with Gasteiger partial charge in [0.1, 0.15) is 5.82 Å². The number of aromatic nitrogens is 2. The Kier molecular flexibility index (Phi) is 6.62. The first-order chi connectivity index (χ1) is 15.1. The van der Waals surface area contributed by atoms with Crippen molar-refractivity contribution in [1.29, 1.82) is 0 Å². The topological polar surface area (TPSA) is 81.3 Å². The molecule has 1 amide bonds. The summed E-state index contributed by atoms with van der Waals surface area (Å²) in [5, 5.41) is 3.63. The lowest BCUT2D eigenvalue weighted by Gasteiger charge is -2.35. The number of carbonyl (C=O) groups excluding carboxylic acids is 1. The molecule has 0 atom stereocenters. The van der Waals surface area contributed by atoms with Gasteiger partial charge in [0.2, 0.25) is 5.91 Å². The van der Waals surface area contributed by atoms with E-state index in [0.717, 1.165) is 31.7 Å². The number of aryl methyl sites for hydroxylation is 1. The van der Waals surface area contributed by atoms with E-state index in [9.17, 15) is 9.59 Å². The molecule has 0 bridgehead atoms. The second-order valence-corrected chi connectivity index (χ2v) is 8.08. The van der Waals surface area contributed by atoms with Gasteiger partial charge in [-0.05, 0) is 37.2 Å². The van der Waals surface area contributed by atoms with Gasteiger partial charge in [-0.2, -0.15) is 0 Å². The number of nitrogens with one attached hydrogen (secondary N) is 2. The van der Waals surface area contributed by atoms with Gasteiger partial charge in [-0.3, -0.25) is 9.59 Å². The Balaban J connectivity index is 1.29. The molecule has 0 saturated carbocycles. The Labute approximate surface area is 182 Å². The lowest BCUT2D eigenvalue weighted by atomic mass is 10.1. The summed E-state index contributed by atoms with van der Waals surface area (Å²) >= 11 is 0. The number of anilines is 1. The van der Waals surface area contributed by atoms with Crippen molar-refractivity contribution in [2.75, 3.05) is 38.1 Å². The van der Waals surface area contributed by atoms with E-state index in [1.165, 1.54) is 5.69 Å². The standard InChI is InChI=1S/C24H29N5O2/c1-28-13-15-29(16-14-28)21-10-5-2-7-18(21)17-25-23(30)12-6-11-22-26-20-9-4-3-8-19(20)24(31)27-22/h2-5,7-10H,6,11-17H2,1H3,(H,25,30)(H,26,27,31). The van der Waals surface area contributed by atoms with Crippen LogP contribution in [0.5, 0.6) is 0 Å². The summed E-state index contributed by atoms with van der Waals surface area (Å²) < 4.78 is 0. The van der Waals surface area contributed by atoms with Gasteiger partial charge in [-0.1, -0.05) is 30.3 Å². The molecule has 3 aromatic rings. The van der Waals surface area contributed by atoms with Crippen LogP contribution in [-0.4, -0.2) is 54.0 Å². The van der Waals surface area contributed by atoms with Gasteiger partial charge in [-0.15, -0.1) is 0 Å². The van der Waals surface area contributed by atoms with Crippen LogP contribution < -0.4 is 15.8 Å². The number of hydrogen-bond donors (Lipinski definition) is 2. The molecule has 162 valence electrons. The number of fused-ring (bicyclic) bond motifs is 1. The van der Waals surface area contributed by atoms with Gasteiger partial charge >= 0.3 is 0 Å². The molecule has 2 N–H and O–H groups in total. The Hall–Kier alpha value is -3.19. The molecule has 2 aromatic carbocycles. The summed E-state index contributed by atoms with van der Waals surface area (Å²) in [7, 11) is 2.15.